The minimum atomic E-state index is -0.459. The van der Waals surface area contributed by atoms with E-state index in [1.165, 1.54) is 6.07 Å². The molecule has 3 unspecified atom stereocenters. The summed E-state index contributed by atoms with van der Waals surface area (Å²) < 4.78 is 0. The molecule has 0 bridgehead atoms. The first-order valence-electron chi connectivity index (χ1n) is 7.19. The number of amides is 1. The van der Waals surface area contributed by atoms with Crippen molar-refractivity contribution in [2.45, 2.75) is 39.3 Å². The van der Waals surface area contributed by atoms with Crippen LogP contribution in [0.3, 0.4) is 0 Å². The summed E-state index contributed by atoms with van der Waals surface area (Å²) in [5.41, 5.74) is 0.861. The smallest absolute Gasteiger partial charge is 0.273 e. The van der Waals surface area contributed by atoms with Crippen LogP contribution in [0.5, 0.6) is 0 Å². The molecule has 1 saturated heterocycles. The van der Waals surface area contributed by atoms with E-state index >= 15 is 0 Å². The lowest BCUT2D eigenvalue weighted by molar-refractivity contribution is -0.385. The summed E-state index contributed by atoms with van der Waals surface area (Å²) in [5.74, 6) is 0.121. The fourth-order valence-electron chi connectivity index (χ4n) is 2.79. The Kier molecular flexibility index (Phi) is 4.57. The van der Waals surface area contributed by atoms with Crippen molar-refractivity contribution in [3.05, 3.63) is 39.4 Å². The molecule has 0 aliphatic carbocycles. The highest BCUT2D eigenvalue weighted by atomic mass is 16.6. The molecule has 6 nitrogen and oxygen atoms in total. The third kappa shape index (κ3) is 3.39. The average Bonchev–Trinajstić information content (AvgIpc) is 2.43. The molecular formula is C15H21N3O3. The van der Waals surface area contributed by atoms with Crippen molar-refractivity contribution in [2.24, 2.45) is 5.92 Å². The van der Waals surface area contributed by atoms with Gasteiger partial charge in [0, 0.05) is 29.3 Å². The maximum absolute atomic E-state index is 12.3. The van der Waals surface area contributed by atoms with Crippen LogP contribution in [-0.4, -0.2) is 29.5 Å². The Hall–Kier alpha value is -1.95. The van der Waals surface area contributed by atoms with E-state index in [1.54, 1.807) is 19.1 Å². The highest BCUT2D eigenvalue weighted by molar-refractivity contribution is 5.95. The van der Waals surface area contributed by atoms with Crippen LogP contribution in [-0.2, 0) is 0 Å². The third-order valence-electron chi connectivity index (χ3n) is 4.18. The van der Waals surface area contributed by atoms with Crippen molar-refractivity contribution >= 4 is 11.6 Å². The van der Waals surface area contributed by atoms with Gasteiger partial charge in [0.2, 0.25) is 0 Å². The molecule has 1 aromatic carbocycles. The number of nitrogens with zero attached hydrogens (tertiary/aromatic N) is 1. The second-order valence-corrected chi connectivity index (χ2v) is 5.77. The maximum atomic E-state index is 12.3. The SMILES string of the molecule is Cc1ccc(C(=O)NC2C(C)CCNC2C)cc1[N+](=O)[O-]. The van der Waals surface area contributed by atoms with Crippen molar-refractivity contribution in [2.75, 3.05) is 6.54 Å². The molecule has 1 amide bonds. The third-order valence-corrected chi connectivity index (χ3v) is 4.18. The number of carbonyl (C=O) groups is 1. The van der Waals surface area contributed by atoms with Crippen LogP contribution in [0.25, 0.3) is 0 Å². The van der Waals surface area contributed by atoms with E-state index in [0.717, 1.165) is 13.0 Å². The predicted molar refractivity (Wildman–Crippen MR) is 80.3 cm³/mol. The van der Waals surface area contributed by atoms with E-state index in [2.05, 4.69) is 17.6 Å². The highest BCUT2D eigenvalue weighted by Crippen LogP contribution is 2.21. The lowest BCUT2D eigenvalue weighted by Crippen LogP contribution is -2.55. The number of hydrogen-bond donors (Lipinski definition) is 2. The van der Waals surface area contributed by atoms with E-state index in [4.69, 9.17) is 0 Å². The van der Waals surface area contributed by atoms with Gasteiger partial charge >= 0.3 is 0 Å². The zero-order valence-electron chi connectivity index (χ0n) is 12.6. The molecule has 2 N–H and O–H groups in total. The molecule has 1 fully saturated rings. The Balaban J connectivity index is 2.16. The quantitative estimate of drug-likeness (QED) is 0.659. The zero-order chi connectivity index (χ0) is 15.6. The van der Waals surface area contributed by atoms with Crippen molar-refractivity contribution in [3.8, 4) is 0 Å². The summed E-state index contributed by atoms with van der Waals surface area (Å²) in [7, 11) is 0. The van der Waals surface area contributed by atoms with E-state index in [9.17, 15) is 14.9 Å². The number of hydrogen-bond acceptors (Lipinski definition) is 4. The molecule has 6 heteroatoms. The van der Waals surface area contributed by atoms with Gasteiger partial charge in [-0.3, -0.25) is 14.9 Å². The molecule has 1 aliphatic rings. The van der Waals surface area contributed by atoms with Crippen LogP contribution in [0.2, 0.25) is 0 Å². The molecule has 0 aromatic heterocycles. The number of nitrogens with one attached hydrogen (secondary N) is 2. The summed E-state index contributed by atoms with van der Waals surface area (Å²) in [5, 5.41) is 17.3. The number of benzene rings is 1. The van der Waals surface area contributed by atoms with Gasteiger partial charge < -0.3 is 10.6 Å². The number of nitro groups is 1. The van der Waals surface area contributed by atoms with E-state index < -0.39 is 4.92 Å². The number of aryl methyl sites for hydroxylation is 1. The largest absolute Gasteiger partial charge is 0.347 e. The van der Waals surface area contributed by atoms with Crippen LogP contribution in [0.4, 0.5) is 5.69 Å². The highest BCUT2D eigenvalue weighted by Gasteiger charge is 2.29. The molecule has 0 saturated carbocycles. The van der Waals surface area contributed by atoms with Gasteiger partial charge in [0.25, 0.3) is 11.6 Å². The van der Waals surface area contributed by atoms with Gasteiger partial charge in [-0.25, -0.2) is 0 Å². The van der Waals surface area contributed by atoms with Crippen LogP contribution >= 0.6 is 0 Å². The first-order chi connectivity index (χ1) is 9.90. The van der Waals surface area contributed by atoms with Gasteiger partial charge in [-0.05, 0) is 38.8 Å². The number of nitro benzene ring substituents is 1. The van der Waals surface area contributed by atoms with Gasteiger partial charge in [-0.2, -0.15) is 0 Å². The fraction of sp³-hybridized carbons (Fsp3) is 0.533. The van der Waals surface area contributed by atoms with Crippen LogP contribution in [0.1, 0.15) is 36.2 Å². The number of carbonyl (C=O) groups excluding carboxylic acids is 1. The molecule has 21 heavy (non-hydrogen) atoms. The fourth-order valence-corrected chi connectivity index (χ4v) is 2.79. The van der Waals surface area contributed by atoms with Crippen molar-refractivity contribution in [1.29, 1.82) is 0 Å². The Bertz CT molecular complexity index is 549. The molecule has 2 rings (SSSR count). The summed E-state index contributed by atoms with van der Waals surface area (Å²) in [4.78, 5) is 22.8. The van der Waals surface area contributed by atoms with Gasteiger partial charge in [0.05, 0.1) is 4.92 Å². The van der Waals surface area contributed by atoms with Gasteiger partial charge in [0.15, 0.2) is 0 Å². The summed E-state index contributed by atoms with van der Waals surface area (Å²) >= 11 is 0. The molecule has 0 spiro atoms. The zero-order valence-corrected chi connectivity index (χ0v) is 12.6. The number of piperidine rings is 1. The number of rotatable bonds is 3. The topological polar surface area (TPSA) is 84.3 Å². The van der Waals surface area contributed by atoms with Crippen LogP contribution < -0.4 is 10.6 Å². The Morgan fingerprint density at radius 2 is 2.14 bits per heavy atom. The normalized spacial score (nSPS) is 25.4. The molecule has 1 heterocycles. The molecule has 0 radical (unpaired) electrons. The van der Waals surface area contributed by atoms with Gasteiger partial charge in [0.1, 0.15) is 0 Å². The Morgan fingerprint density at radius 1 is 1.43 bits per heavy atom. The summed E-state index contributed by atoms with van der Waals surface area (Å²) in [6, 6.07) is 4.81. The second-order valence-electron chi connectivity index (χ2n) is 5.77. The minimum absolute atomic E-state index is 0.0227. The molecule has 114 valence electrons. The van der Waals surface area contributed by atoms with E-state index in [0.29, 0.717) is 17.0 Å². The van der Waals surface area contributed by atoms with E-state index in [1.807, 2.05) is 6.92 Å². The average molecular weight is 291 g/mol. The second kappa shape index (κ2) is 6.22. The van der Waals surface area contributed by atoms with Crippen molar-refractivity contribution in [1.82, 2.24) is 10.6 Å². The molecular weight excluding hydrogens is 270 g/mol. The van der Waals surface area contributed by atoms with Gasteiger partial charge in [-0.15, -0.1) is 0 Å². The lowest BCUT2D eigenvalue weighted by atomic mass is 9.89. The lowest BCUT2D eigenvalue weighted by Gasteiger charge is -2.36. The van der Waals surface area contributed by atoms with Crippen LogP contribution in [0, 0.1) is 23.0 Å². The monoisotopic (exact) mass is 291 g/mol. The minimum Gasteiger partial charge on any atom is -0.347 e. The predicted octanol–water partition coefficient (Wildman–Crippen LogP) is 2.02. The first-order valence-corrected chi connectivity index (χ1v) is 7.19. The Morgan fingerprint density at radius 3 is 2.76 bits per heavy atom. The molecule has 1 aliphatic heterocycles. The Labute approximate surface area is 124 Å². The van der Waals surface area contributed by atoms with Crippen LogP contribution in [0.15, 0.2) is 18.2 Å². The maximum Gasteiger partial charge on any atom is 0.273 e. The summed E-state index contributed by atoms with van der Waals surface area (Å²) in [6.45, 7) is 6.76. The molecule has 1 aromatic rings. The first kappa shape index (κ1) is 15.4. The van der Waals surface area contributed by atoms with E-state index in [-0.39, 0.29) is 23.7 Å². The van der Waals surface area contributed by atoms with Gasteiger partial charge in [-0.1, -0.05) is 13.0 Å². The van der Waals surface area contributed by atoms with Crippen molar-refractivity contribution in [3.63, 3.8) is 0 Å². The standard InChI is InChI=1S/C15H21N3O3/c1-9-4-5-12(8-13(9)18(20)21)15(19)17-14-10(2)6-7-16-11(14)3/h4-5,8,10-11,14,16H,6-7H2,1-3H3,(H,17,19). The molecule has 3 atom stereocenters. The van der Waals surface area contributed by atoms with Crippen molar-refractivity contribution < 1.29 is 9.72 Å². The summed E-state index contributed by atoms with van der Waals surface area (Å²) in [6.07, 6.45) is 1.00.